The average Bonchev–Trinajstić information content (AvgIpc) is 2.89. The van der Waals surface area contributed by atoms with Gasteiger partial charge in [-0.25, -0.2) is 0 Å². The Bertz CT molecular complexity index is 1030. The van der Waals surface area contributed by atoms with Crippen molar-refractivity contribution in [3.63, 3.8) is 0 Å². The van der Waals surface area contributed by atoms with Gasteiger partial charge in [0.2, 0.25) is 0 Å². The van der Waals surface area contributed by atoms with Crippen molar-refractivity contribution >= 4 is 5.97 Å². The Kier molecular flexibility index (Phi) is 6.74. The van der Waals surface area contributed by atoms with E-state index in [1.54, 1.807) is 7.11 Å². The number of hydrogen-bond donors (Lipinski definition) is 0. The lowest BCUT2D eigenvalue weighted by Gasteiger charge is -2.43. The van der Waals surface area contributed by atoms with E-state index >= 15 is 0 Å². The fourth-order valence-corrected chi connectivity index (χ4v) is 5.28. The molecule has 0 spiro atoms. The molecule has 0 radical (unpaired) electrons. The van der Waals surface area contributed by atoms with E-state index in [-0.39, 0.29) is 5.97 Å². The largest absolute Gasteiger partial charge is 0.497 e. The number of benzene rings is 2. The number of likely N-dealkylation sites (tertiary alicyclic amines) is 1. The molecule has 1 aliphatic heterocycles. The normalized spacial score (nSPS) is 22.1. The Hall–Kier alpha value is -3.26. The average molecular weight is 445 g/mol. The topological polar surface area (TPSA) is 62.6 Å². The first-order chi connectivity index (χ1) is 16.1. The van der Waals surface area contributed by atoms with Crippen molar-refractivity contribution < 1.29 is 14.3 Å². The summed E-state index contributed by atoms with van der Waals surface area (Å²) in [6.07, 6.45) is 6.04. The smallest absolute Gasteiger partial charge is 0.316 e. The van der Waals surface area contributed by atoms with Gasteiger partial charge in [0.05, 0.1) is 30.6 Å². The highest BCUT2D eigenvalue weighted by Gasteiger charge is 2.45. The molecule has 1 saturated heterocycles. The quantitative estimate of drug-likeness (QED) is 0.579. The molecule has 33 heavy (non-hydrogen) atoms. The Balaban J connectivity index is 1.49. The second-order valence-electron chi connectivity index (χ2n) is 8.98. The third kappa shape index (κ3) is 4.35. The van der Waals surface area contributed by atoms with Crippen LogP contribution >= 0.6 is 0 Å². The molecule has 5 heteroatoms. The zero-order valence-corrected chi connectivity index (χ0v) is 19.5. The van der Waals surface area contributed by atoms with Gasteiger partial charge in [-0.05, 0) is 62.3 Å². The van der Waals surface area contributed by atoms with Gasteiger partial charge in [-0.15, -0.1) is 0 Å². The van der Waals surface area contributed by atoms with Gasteiger partial charge in [0.25, 0.3) is 0 Å². The molecule has 5 nitrogen and oxygen atoms in total. The number of carbonyl (C=O) groups is 1. The van der Waals surface area contributed by atoms with Gasteiger partial charge in [0.15, 0.2) is 0 Å². The number of allylic oxidation sites excluding steroid dienone is 2. The summed E-state index contributed by atoms with van der Waals surface area (Å²) in [6.45, 7) is 3.87. The first-order valence-electron chi connectivity index (χ1n) is 11.8. The molecule has 2 aromatic carbocycles. The first kappa shape index (κ1) is 22.9. The van der Waals surface area contributed by atoms with Crippen molar-refractivity contribution in [2.45, 2.75) is 49.9 Å². The van der Waals surface area contributed by atoms with Crippen LogP contribution in [0.15, 0.2) is 66.4 Å². The lowest BCUT2D eigenvalue weighted by Crippen LogP contribution is -2.48. The number of hydrogen-bond acceptors (Lipinski definition) is 5. The number of piperidine rings is 1. The predicted octanol–water partition coefficient (Wildman–Crippen LogP) is 5.12. The minimum absolute atomic E-state index is 0.114. The van der Waals surface area contributed by atoms with Crippen LogP contribution in [0, 0.1) is 11.3 Å². The Morgan fingerprint density at radius 2 is 1.73 bits per heavy atom. The Labute approximate surface area is 196 Å². The van der Waals surface area contributed by atoms with Crippen molar-refractivity contribution in [1.29, 1.82) is 5.26 Å². The van der Waals surface area contributed by atoms with Crippen molar-refractivity contribution in [1.82, 2.24) is 4.90 Å². The molecule has 2 aliphatic rings. The van der Waals surface area contributed by atoms with Gasteiger partial charge >= 0.3 is 5.97 Å². The molecule has 0 saturated carbocycles. The zero-order valence-electron chi connectivity index (χ0n) is 19.5. The fraction of sp³-hybridized carbons (Fsp3) is 0.429. The van der Waals surface area contributed by atoms with E-state index in [0.717, 1.165) is 55.6 Å². The van der Waals surface area contributed by atoms with E-state index in [2.05, 4.69) is 17.0 Å². The highest BCUT2D eigenvalue weighted by Crippen LogP contribution is 2.42. The Morgan fingerprint density at radius 1 is 1.03 bits per heavy atom. The van der Waals surface area contributed by atoms with Crippen LogP contribution in [-0.4, -0.2) is 37.7 Å². The maximum atomic E-state index is 13.0. The summed E-state index contributed by atoms with van der Waals surface area (Å²) in [4.78, 5) is 15.4. The molecule has 172 valence electrons. The number of carbonyl (C=O) groups excluding carboxylic acids is 1. The molecular formula is C28H32N2O3. The number of rotatable bonds is 6. The van der Waals surface area contributed by atoms with Gasteiger partial charge < -0.3 is 14.4 Å². The van der Waals surface area contributed by atoms with E-state index in [0.29, 0.717) is 13.0 Å². The number of nitriles is 1. The summed E-state index contributed by atoms with van der Waals surface area (Å²) in [5.41, 5.74) is 2.31. The molecule has 1 fully saturated rings. The van der Waals surface area contributed by atoms with Gasteiger partial charge in [-0.2, -0.15) is 5.26 Å². The molecule has 0 bridgehead atoms. The third-order valence-electron chi connectivity index (χ3n) is 7.37. The van der Waals surface area contributed by atoms with Gasteiger partial charge in [0.1, 0.15) is 5.75 Å². The van der Waals surface area contributed by atoms with Crippen LogP contribution < -0.4 is 4.74 Å². The minimum atomic E-state index is -0.581. The molecule has 1 unspecified atom stereocenters. The summed E-state index contributed by atoms with van der Waals surface area (Å²) < 4.78 is 10.8. The SMILES string of the molecule is CCOC(=O)C1(c2ccccc2)CCN(C2=CCC(C#N)(c3ccc(OC)cc3)CC2)CC1. The van der Waals surface area contributed by atoms with E-state index in [4.69, 9.17) is 9.47 Å². The third-order valence-corrected chi connectivity index (χ3v) is 7.37. The van der Waals surface area contributed by atoms with E-state index in [1.165, 1.54) is 5.70 Å². The van der Waals surface area contributed by atoms with Crippen molar-refractivity contribution in [3.05, 3.63) is 77.5 Å². The highest BCUT2D eigenvalue weighted by atomic mass is 16.5. The van der Waals surface area contributed by atoms with Crippen LogP contribution in [0.25, 0.3) is 0 Å². The predicted molar refractivity (Wildman–Crippen MR) is 128 cm³/mol. The minimum Gasteiger partial charge on any atom is -0.497 e. The van der Waals surface area contributed by atoms with Crippen LogP contribution in [0.3, 0.4) is 0 Å². The van der Waals surface area contributed by atoms with Gasteiger partial charge in [0, 0.05) is 18.8 Å². The molecule has 0 N–H and O–H groups in total. The summed E-state index contributed by atoms with van der Waals surface area (Å²) in [6, 6.07) is 20.5. The molecule has 4 rings (SSSR count). The summed E-state index contributed by atoms with van der Waals surface area (Å²) >= 11 is 0. The van der Waals surface area contributed by atoms with Gasteiger partial charge in [-0.3, -0.25) is 4.79 Å². The van der Waals surface area contributed by atoms with Crippen molar-refractivity contribution in [2.24, 2.45) is 0 Å². The van der Waals surface area contributed by atoms with Crippen LogP contribution in [-0.2, 0) is 20.4 Å². The molecule has 0 amide bonds. The zero-order chi connectivity index (χ0) is 23.3. The number of ether oxygens (including phenoxy) is 2. The van der Waals surface area contributed by atoms with Crippen LogP contribution in [0.2, 0.25) is 0 Å². The lowest BCUT2D eigenvalue weighted by atomic mass is 9.70. The molecule has 1 heterocycles. The summed E-state index contributed by atoms with van der Waals surface area (Å²) in [5, 5.41) is 10.0. The van der Waals surface area contributed by atoms with E-state index in [9.17, 15) is 10.1 Å². The maximum Gasteiger partial charge on any atom is 0.316 e. The van der Waals surface area contributed by atoms with Crippen molar-refractivity contribution in [3.8, 4) is 11.8 Å². The standard InChI is InChI=1S/C28H32N2O3/c1-3-33-26(31)28(23-7-5-4-6-8-23)17-19-30(20-18-28)24-13-15-27(21-29,16-14-24)22-9-11-25(32-2)12-10-22/h4-13H,3,14-20H2,1-2H3. The second kappa shape index (κ2) is 9.70. The van der Waals surface area contributed by atoms with Crippen LogP contribution in [0.5, 0.6) is 5.75 Å². The summed E-state index contributed by atoms with van der Waals surface area (Å²) in [5.74, 6) is 0.687. The number of methoxy groups -OCH3 is 1. The Morgan fingerprint density at radius 3 is 2.27 bits per heavy atom. The fourth-order valence-electron chi connectivity index (χ4n) is 5.28. The highest BCUT2D eigenvalue weighted by molar-refractivity contribution is 5.83. The second-order valence-corrected chi connectivity index (χ2v) is 8.98. The molecule has 1 atom stereocenters. The number of nitrogens with zero attached hydrogens (tertiary/aromatic N) is 2. The number of esters is 1. The lowest BCUT2D eigenvalue weighted by molar-refractivity contribution is -0.152. The van der Waals surface area contributed by atoms with E-state index < -0.39 is 10.8 Å². The molecular weight excluding hydrogens is 412 g/mol. The molecule has 2 aromatic rings. The monoisotopic (exact) mass is 444 g/mol. The molecule has 1 aliphatic carbocycles. The van der Waals surface area contributed by atoms with Crippen LogP contribution in [0.4, 0.5) is 0 Å². The molecule has 0 aromatic heterocycles. The van der Waals surface area contributed by atoms with Gasteiger partial charge in [-0.1, -0.05) is 48.5 Å². The first-order valence-corrected chi connectivity index (χ1v) is 11.8. The maximum absolute atomic E-state index is 13.0. The van der Waals surface area contributed by atoms with Crippen molar-refractivity contribution in [2.75, 3.05) is 26.8 Å². The van der Waals surface area contributed by atoms with E-state index in [1.807, 2.05) is 61.5 Å². The summed E-state index contributed by atoms with van der Waals surface area (Å²) in [7, 11) is 1.65. The van der Waals surface area contributed by atoms with Crippen LogP contribution in [0.1, 0.15) is 50.2 Å².